The lowest BCUT2D eigenvalue weighted by molar-refractivity contribution is -0.138. The van der Waals surface area contributed by atoms with E-state index in [-0.39, 0.29) is 107 Å². The molecule has 0 bridgehead atoms. The Balaban J connectivity index is 0.000000172. The van der Waals surface area contributed by atoms with Crippen molar-refractivity contribution in [2.75, 3.05) is 0 Å². The normalized spacial score (nSPS) is 12.2. The Labute approximate surface area is 674 Å². The van der Waals surface area contributed by atoms with Gasteiger partial charge in [0.2, 0.25) is 0 Å². The van der Waals surface area contributed by atoms with Crippen molar-refractivity contribution < 1.29 is 65.9 Å². The van der Waals surface area contributed by atoms with Crippen LogP contribution >= 0.6 is 0 Å². The molecule has 4 aromatic heterocycles. The molecule has 592 valence electrons. The number of hydrogen-bond acceptors (Lipinski definition) is 6. The zero-order chi connectivity index (χ0) is 83.7. The zero-order valence-corrected chi connectivity index (χ0v) is 62.8. The molecule has 18 rings (SSSR count). The number of aryl methyl sites for hydroxylation is 2. The average Bonchev–Trinajstić information content (AvgIpc) is 1.47. The van der Waals surface area contributed by atoms with Crippen molar-refractivity contribution in [2.45, 2.75) is 44.7 Å². The lowest BCUT2D eigenvalue weighted by atomic mass is 9.88. The number of rotatable bonds is 12. The third-order valence-electron chi connectivity index (χ3n) is 20.7. The van der Waals surface area contributed by atoms with Crippen molar-refractivity contribution in [1.82, 2.24) is 39.0 Å². The minimum Gasteiger partial charge on any atom is -0.308 e. The maximum atomic E-state index is 15.2. The Bertz CT molecular complexity index is 6700. The van der Waals surface area contributed by atoms with Crippen LogP contribution in [0.1, 0.15) is 38.9 Å². The maximum absolute atomic E-state index is 15.2. The van der Waals surface area contributed by atoms with Gasteiger partial charge in [-0.2, -0.15) is 65.9 Å². The average molecular weight is 1620 g/mol. The molecule has 0 saturated carbocycles. The summed E-state index contributed by atoms with van der Waals surface area (Å²) in [5, 5.41) is 1.97. The highest BCUT2D eigenvalue weighted by Gasteiger charge is 2.41. The van der Waals surface area contributed by atoms with Gasteiger partial charge in [0.05, 0.1) is 61.3 Å². The predicted octanol–water partition coefficient (Wildman–Crippen LogP) is 28.3. The van der Waals surface area contributed by atoms with Gasteiger partial charge < -0.3 is 9.13 Å². The molecular weight excluding hydrogens is 1560 g/mol. The summed E-state index contributed by atoms with van der Waals surface area (Å²) in [6.07, 6.45) is -24.3. The molecule has 0 radical (unpaired) electrons. The monoisotopic (exact) mass is 1620 g/mol. The smallest absolute Gasteiger partial charge is 0.308 e. The summed E-state index contributed by atoms with van der Waals surface area (Å²) in [5.74, 6) is 0.932. The fourth-order valence-corrected chi connectivity index (χ4v) is 15.4. The summed E-state index contributed by atoms with van der Waals surface area (Å²) in [6.45, 7) is 3.65. The van der Waals surface area contributed by atoms with Crippen LogP contribution in [0.5, 0.6) is 0 Å². The molecule has 4 heterocycles. The van der Waals surface area contributed by atoms with E-state index in [1.165, 1.54) is 95.6 Å². The Morgan fingerprint density at radius 3 is 0.742 bits per heavy atom. The first-order valence-electron chi connectivity index (χ1n) is 37.4. The van der Waals surface area contributed by atoms with Crippen molar-refractivity contribution in [3.8, 4) is 124 Å². The number of fused-ring (bicyclic) bond motifs is 6. The van der Waals surface area contributed by atoms with E-state index in [1.54, 1.807) is 109 Å². The van der Waals surface area contributed by atoms with Crippen molar-refractivity contribution in [3.63, 3.8) is 0 Å². The van der Waals surface area contributed by atoms with E-state index in [0.29, 0.717) is 44.2 Å². The van der Waals surface area contributed by atoms with Gasteiger partial charge in [0.1, 0.15) is 0 Å². The summed E-state index contributed by atoms with van der Waals surface area (Å²) in [5.41, 5.74) is -0.876. The van der Waals surface area contributed by atoms with Crippen LogP contribution in [0.3, 0.4) is 0 Å². The van der Waals surface area contributed by atoms with Gasteiger partial charge in [-0.25, -0.2) is 29.9 Å². The minimum atomic E-state index is -4.96. The highest BCUT2D eigenvalue weighted by molar-refractivity contribution is 6.13. The minimum absolute atomic E-state index is 0.0311. The van der Waals surface area contributed by atoms with E-state index >= 15 is 52.7 Å². The van der Waals surface area contributed by atoms with Crippen molar-refractivity contribution >= 4 is 43.6 Å². The quantitative estimate of drug-likeness (QED) is 0.113. The van der Waals surface area contributed by atoms with Crippen LogP contribution in [0.4, 0.5) is 65.9 Å². The van der Waals surface area contributed by atoms with Crippen LogP contribution < -0.4 is 0 Å². The Hall–Kier alpha value is -14.4. The van der Waals surface area contributed by atoms with Gasteiger partial charge in [0.15, 0.2) is 34.9 Å². The van der Waals surface area contributed by atoms with E-state index in [0.717, 1.165) is 52.7 Å². The summed E-state index contributed by atoms with van der Waals surface area (Å²) in [7, 11) is 0. The van der Waals surface area contributed by atoms with E-state index in [9.17, 15) is 13.2 Å². The summed E-state index contributed by atoms with van der Waals surface area (Å²) in [6, 6.07) is 82.2. The summed E-state index contributed by atoms with van der Waals surface area (Å²) >= 11 is 0. The molecule has 8 nitrogen and oxygen atoms in total. The van der Waals surface area contributed by atoms with Gasteiger partial charge >= 0.3 is 30.9 Å². The number of aromatic nitrogens is 8. The number of nitrogens with zero attached hydrogens (tertiary/aromatic N) is 8. The first-order chi connectivity index (χ1) is 57.5. The second kappa shape index (κ2) is 30.6. The molecule has 0 fully saturated rings. The lowest BCUT2D eigenvalue weighted by Crippen LogP contribution is -2.11. The number of hydrogen-bond donors (Lipinski definition) is 0. The fourth-order valence-electron chi connectivity index (χ4n) is 15.4. The SMILES string of the molecule is Cc1ccc2c(c1)c1cc(C(F)(F)F)ccc1n2-c1c(-c2ccccc2C(F)(F)F)cc(-c2nc(-c3ccccc3)nc(-c3ccccc3)n2)cc1-c1ccccc1C(F)(F)F.Cc1ccc2c(c1)c1ccccc1n2-c1c(-c2ccccc2C(F)(F)F)cc(-c2nc(-c3ccccc3)nc(-c3ccccc3)n2)cc1-c1ccccc1C(F)(F)F. The molecule has 0 spiro atoms. The number of para-hydroxylation sites is 1. The van der Waals surface area contributed by atoms with Crippen LogP contribution in [0.2, 0.25) is 0 Å². The molecule has 0 atom stereocenters. The van der Waals surface area contributed by atoms with Gasteiger partial charge in [-0.1, -0.05) is 236 Å². The lowest BCUT2D eigenvalue weighted by Gasteiger charge is -2.24. The second-order valence-electron chi connectivity index (χ2n) is 28.5. The molecule has 23 heteroatoms. The topological polar surface area (TPSA) is 87.2 Å². The van der Waals surface area contributed by atoms with Gasteiger partial charge in [-0.3, -0.25) is 0 Å². The van der Waals surface area contributed by atoms with Gasteiger partial charge in [-0.05, 0) is 133 Å². The first kappa shape index (κ1) is 78.2. The molecule has 14 aromatic carbocycles. The molecule has 0 aliphatic heterocycles. The molecule has 0 N–H and O–H groups in total. The molecule has 0 amide bonds. The largest absolute Gasteiger partial charge is 0.417 e. The van der Waals surface area contributed by atoms with Crippen molar-refractivity contribution in [1.29, 1.82) is 0 Å². The van der Waals surface area contributed by atoms with E-state index in [1.807, 2.05) is 104 Å². The number of benzene rings is 14. The zero-order valence-electron chi connectivity index (χ0n) is 62.8. The van der Waals surface area contributed by atoms with Crippen LogP contribution in [-0.4, -0.2) is 39.0 Å². The molecule has 0 aliphatic rings. The highest BCUT2D eigenvalue weighted by Crippen LogP contribution is 2.53. The van der Waals surface area contributed by atoms with Gasteiger partial charge in [0, 0.05) is 77.2 Å². The van der Waals surface area contributed by atoms with Gasteiger partial charge in [-0.15, -0.1) is 0 Å². The Morgan fingerprint density at radius 1 is 0.200 bits per heavy atom. The molecular formula is C97H59F15N8. The number of alkyl halides is 15. The first-order valence-corrected chi connectivity index (χ1v) is 37.4. The van der Waals surface area contributed by atoms with E-state index in [4.69, 9.17) is 29.9 Å². The predicted molar refractivity (Wildman–Crippen MR) is 437 cm³/mol. The van der Waals surface area contributed by atoms with Crippen LogP contribution in [0, 0.1) is 13.8 Å². The van der Waals surface area contributed by atoms with Crippen LogP contribution in [-0.2, 0) is 30.9 Å². The Kier molecular flexibility index (Phi) is 19.9. The third kappa shape index (κ3) is 15.0. The van der Waals surface area contributed by atoms with Crippen molar-refractivity contribution in [3.05, 3.63) is 360 Å². The maximum Gasteiger partial charge on any atom is 0.417 e. The Morgan fingerprint density at radius 2 is 0.442 bits per heavy atom. The molecule has 0 saturated heterocycles. The fraction of sp³-hybridized carbons (Fsp3) is 0.0722. The van der Waals surface area contributed by atoms with E-state index in [2.05, 4.69) is 0 Å². The van der Waals surface area contributed by atoms with Crippen LogP contribution in [0.25, 0.3) is 168 Å². The molecule has 18 aromatic rings. The second-order valence-corrected chi connectivity index (χ2v) is 28.5. The third-order valence-corrected chi connectivity index (χ3v) is 20.7. The van der Waals surface area contributed by atoms with Gasteiger partial charge in [0.25, 0.3) is 0 Å². The standard InChI is InChI=1S/C49H29F9N4.C48H30F6N4/c1-28-20-22-41-35(24-28)36-27-32(47(50,51)52)21-23-42(36)62(41)43-37(33-16-8-10-18-39(33)48(53,54)55)25-31(26-38(43)34-17-9-11-19-40(34)49(56,57)58)46-60-44(29-12-4-2-5-13-29)59-45(61-46)30-14-6-3-7-15-30;1-29-24-25-42-36(26-29)35-20-10-13-23-41(35)58(42)43-37(33-18-8-11-21-39(33)47(49,50)51)27-32(28-38(43)34-19-9-12-22-40(34)48(52,53)54)46-56-44(30-14-4-2-5-15-30)55-45(57-46)31-16-6-3-7-17-31/h2-27H,1H3;2-28H,1H3. The van der Waals surface area contributed by atoms with E-state index < -0.39 is 69.8 Å². The molecule has 0 unspecified atom stereocenters. The highest BCUT2D eigenvalue weighted by atomic mass is 19.4. The number of halogens is 15. The molecule has 0 aliphatic carbocycles. The summed E-state index contributed by atoms with van der Waals surface area (Å²) in [4.78, 5) is 28.7. The molecule has 120 heavy (non-hydrogen) atoms. The summed E-state index contributed by atoms with van der Waals surface area (Å²) < 4.78 is 228. The van der Waals surface area contributed by atoms with Crippen molar-refractivity contribution in [2.24, 2.45) is 0 Å². The van der Waals surface area contributed by atoms with Crippen LogP contribution in [0.15, 0.2) is 322 Å².